The van der Waals surface area contributed by atoms with Crippen LogP contribution in [-0.4, -0.2) is 24.4 Å². The number of hydrogen-bond acceptors (Lipinski definition) is 1. The first-order chi connectivity index (χ1) is 5.72. The van der Waals surface area contributed by atoms with E-state index in [9.17, 15) is 4.79 Å². The molecule has 0 bridgehead atoms. The fourth-order valence-electron chi connectivity index (χ4n) is 1.17. The molecule has 0 aliphatic rings. The first-order valence-corrected chi connectivity index (χ1v) is 4.89. The SMILES string of the molecule is CCCCCC[C@H](C)N(C)C=O. The molecule has 0 saturated carbocycles. The number of carbonyl (C=O) groups excluding carboxylic acids is 1. The number of unbranched alkanes of at least 4 members (excludes halogenated alkanes) is 3. The Kier molecular flexibility index (Phi) is 6.82. The van der Waals surface area contributed by atoms with Crippen LogP contribution >= 0.6 is 0 Å². The van der Waals surface area contributed by atoms with Crippen molar-refractivity contribution >= 4 is 6.41 Å². The normalized spacial score (nSPS) is 12.6. The zero-order valence-electron chi connectivity index (χ0n) is 8.55. The summed E-state index contributed by atoms with van der Waals surface area (Å²) in [5, 5.41) is 0. The highest BCUT2D eigenvalue weighted by atomic mass is 16.1. The van der Waals surface area contributed by atoms with E-state index in [0.717, 1.165) is 12.8 Å². The van der Waals surface area contributed by atoms with Gasteiger partial charge in [0.2, 0.25) is 6.41 Å². The Morgan fingerprint density at radius 1 is 1.33 bits per heavy atom. The molecular formula is C10H21NO. The Morgan fingerprint density at radius 3 is 2.50 bits per heavy atom. The quantitative estimate of drug-likeness (QED) is 0.425. The van der Waals surface area contributed by atoms with Crippen LogP contribution < -0.4 is 0 Å². The van der Waals surface area contributed by atoms with Crippen molar-refractivity contribution in [2.75, 3.05) is 7.05 Å². The van der Waals surface area contributed by atoms with Crippen LogP contribution in [0.4, 0.5) is 0 Å². The number of nitrogens with zero attached hydrogens (tertiary/aromatic N) is 1. The highest BCUT2D eigenvalue weighted by Gasteiger charge is 2.04. The molecule has 0 N–H and O–H groups in total. The van der Waals surface area contributed by atoms with Gasteiger partial charge in [0.1, 0.15) is 0 Å². The van der Waals surface area contributed by atoms with Crippen molar-refractivity contribution in [1.82, 2.24) is 4.90 Å². The molecule has 0 unspecified atom stereocenters. The predicted molar refractivity (Wildman–Crippen MR) is 52.0 cm³/mol. The lowest BCUT2D eigenvalue weighted by Crippen LogP contribution is -2.27. The molecule has 0 fully saturated rings. The first kappa shape index (κ1) is 11.5. The van der Waals surface area contributed by atoms with Gasteiger partial charge < -0.3 is 4.90 Å². The average molecular weight is 171 g/mol. The van der Waals surface area contributed by atoms with E-state index < -0.39 is 0 Å². The van der Waals surface area contributed by atoms with E-state index in [0.29, 0.717) is 6.04 Å². The summed E-state index contributed by atoms with van der Waals surface area (Å²) in [6.45, 7) is 4.31. The van der Waals surface area contributed by atoms with Crippen molar-refractivity contribution in [3.8, 4) is 0 Å². The Bertz CT molecular complexity index is 114. The number of carbonyl (C=O) groups is 1. The Labute approximate surface area is 75.9 Å². The zero-order valence-corrected chi connectivity index (χ0v) is 8.55. The van der Waals surface area contributed by atoms with Crippen molar-refractivity contribution < 1.29 is 4.79 Å². The van der Waals surface area contributed by atoms with Crippen LogP contribution in [0.15, 0.2) is 0 Å². The molecule has 2 nitrogen and oxygen atoms in total. The molecule has 72 valence electrons. The van der Waals surface area contributed by atoms with Gasteiger partial charge in [0.15, 0.2) is 0 Å². The summed E-state index contributed by atoms with van der Waals surface area (Å²) >= 11 is 0. The molecule has 0 aliphatic carbocycles. The molecule has 12 heavy (non-hydrogen) atoms. The molecular weight excluding hydrogens is 150 g/mol. The minimum absolute atomic E-state index is 0.402. The summed E-state index contributed by atoms with van der Waals surface area (Å²) in [7, 11) is 1.84. The maximum atomic E-state index is 10.4. The van der Waals surface area contributed by atoms with Crippen LogP contribution in [0.1, 0.15) is 46.0 Å². The maximum Gasteiger partial charge on any atom is 0.209 e. The lowest BCUT2D eigenvalue weighted by Gasteiger charge is -2.19. The number of hydrogen-bond donors (Lipinski definition) is 0. The molecule has 1 amide bonds. The second-order valence-electron chi connectivity index (χ2n) is 3.47. The third kappa shape index (κ3) is 5.16. The fraction of sp³-hybridized carbons (Fsp3) is 0.900. The largest absolute Gasteiger partial charge is 0.346 e. The molecule has 0 rings (SSSR count). The van der Waals surface area contributed by atoms with Gasteiger partial charge in [-0.3, -0.25) is 4.79 Å². The second kappa shape index (κ2) is 7.14. The van der Waals surface area contributed by atoms with Gasteiger partial charge in [0, 0.05) is 13.1 Å². The maximum absolute atomic E-state index is 10.4. The predicted octanol–water partition coefficient (Wildman–Crippen LogP) is 2.43. The van der Waals surface area contributed by atoms with Crippen molar-refractivity contribution in [3.63, 3.8) is 0 Å². The summed E-state index contributed by atoms with van der Waals surface area (Å²) in [4.78, 5) is 12.1. The van der Waals surface area contributed by atoms with Gasteiger partial charge in [-0.15, -0.1) is 0 Å². The van der Waals surface area contributed by atoms with Crippen LogP contribution in [0, 0.1) is 0 Å². The van der Waals surface area contributed by atoms with Crippen LogP contribution in [0.2, 0.25) is 0 Å². The molecule has 0 radical (unpaired) electrons. The topological polar surface area (TPSA) is 20.3 Å². The van der Waals surface area contributed by atoms with E-state index >= 15 is 0 Å². The lowest BCUT2D eigenvalue weighted by atomic mass is 10.1. The third-order valence-electron chi connectivity index (χ3n) is 2.34. The Balaban J connectivity index is 3.30. The average Bonchev–Trinajstić information content (AvgIpc) is 2.10. The fourth-order valence-corrected chi connectivity index (χ4v) is 1.17. The molecule has 2 heteroatoms. The number of rotatable bonds is 7. The van der Waals surface area contributed by atoms with Crippen molar-refractivity contribution in [1.29, 1.82) is 0 Å². The Hall–Kier alpha value is -0.530. The molecule has 0 aromatic rings. The molecule has 0 heterocycles. The first-order valence-electron chi connectivity index (χ1n) is 4.89. The van der Waals surface area contributed by atoms with Gasteiger partial charge in [-0.2, -0.15) is 0 Å². The van der Waals surface area contributed by atoms with E-state index in [2.05, 4.69) is 13.8 Å². The summed E-state index contributed by atoms with van der Waals surface area (Å²) in [5.41, 5.74) is 0. The van der Waals surface area contributed by atoms with Gasteiger partial charge in [-0.25, -0.2) is 0 Å². The molecule has 0 aliphatic heterocycles. The zero-order chi connectivity index (χ0) is 9.40. The highest BCUT2D eigenvalue weighted by Crippen LogP contribution is 2.07. The van der Waals surface area contributed by atoms with Crippen molar-refractivity contribution in [3.05, 3.63) is 0 Å². The van der Waals surface area contributed by atoms with Crippen LogP contribution in [0.25, 0.3) is 0 Å². The lowest BCUT2D eigenvalue weighted by molar-refractivity contribution is -0.118. The van der Waals surface area contributed by atoms with E-state index in [1.54, 1.807) is 4.90 Å². The summed E-state index contributed by atoms with van der Waals surface area (Å²) in [6, 6.07) is 0.402. The van der Waals surface area contributed by atoms with Gasteiger partial charge in [-0.05, 0) is 13.3 Å². The van der Waals surface area contributed by atoms with Gasteiger partial charge in [0.05, 0.1) is 0 Å². The van der Waals surface area contributed by atoms with Crippen LogP contribution in [0.3, 0.4) is 0 Å². The van der Waals surface area contributed by atoms with Crippen LogP contribution in [-0.2, 0) is 4.79 Å². The van der Waals surface area contributed by atoms with Gasteiger partial charge in [-0.1, -0.05) is 32.6 Å². The molecule has 0 spiro atoms. The van der Waals surface area contributed by atoms with Gasteiger partial charge >= 0.3 is 0 Å². The minimum atomic E-state index is 0.402. The van der Waals surface area contributed by atoms with Crippen molar-refractivity contribution in [2.24, 2.45) is 0 Å². The minimum Gasteiger partial charge on any atom is -0.346 e. The third-order valence-corrected chi connectivity index (χ3v) is 2.34. The summed E-state index contributed by atoms with van der Waals surface area (Å²) in [6.07, 6.45) is 7.18. The standard InChI is InChI=1S/C10H21NO/c1-4-5-6-7-8-10(2)11(3)9-12/h9-10H,4-8H2,1-3H3/t10-/m0/s1. The molecule has 1 atom stereocenters. The van der Waals surface area contributed by atoms with E-state index in [1.165, 1.54) is 25.7 Å². The van der Waals surface area contributed by atoms with E-state index in [-0.39, 0.29) is 0 Å². The smallest absolute Gasteiger partial charge is 0.209 e. The van der Waals surface area contributed by atoms with E-state index in [4.69, 9.17) is 0 Å². The Morgan fingerprint density at radius 2 is 2.00 bits per heavy atom. The molecule has 0 saturated heterocycles. The second-order valence-corrected chi connectivity index (χ2v) is 3.47. The summed E-state index contributed by atoms with van der Waals surface area (Å²) in [5.74, 6) is 0. The number of amides is 1. The summed E-state index contributed by atoms with van der Waals surface area (Å²) < 4.78 is 0. The highest BCUT2D eigenvalue weighted by molar-refractivity contribution is 5.46. The van der Waals surface area contributed by atoms with E-state index in [1.807, 2.05) is 7.05 Å². The monoisotopic (exact) mass is 171 g/mol. The van der Waals surface area contributed by atoms with Gasteiger partial charge in [0.25, 0.3) is 0 Å². The molecule has 0 aromatic carbocycles. The molecule has 0 aromatic heterocycles. The van der Waals surface area contributed by atoms with Crippen LogP contribution in [0.5, 0.6) is 0 Å². The van der Waals surface area contributed by atoms with Crippen molar-refractivity contribution in [2.45, 2.75) is 52.0 Å².